The maximum atomic E-state index is 14.0. The Kier molecular flexibility index (Phi) is 3.46. The quantitative estimate of drug-likeness (QED) is 0.510. The van der Waals surface area contributed by atoms with Crippen LogP contribution in [0.1, 0.15) is 34.1 Å². The number of hydrogen-bond acceptors (Lipinski definition) is 5. The number of rotatable bonds is 0. The van der Waals surface area contributed by atoms with Gasteiger partial charge in [-0.3, -0.25) is 14.3 Å². The van der Waals surface area contributed by atoms with Crippen LogP contribution in [-0.2, 0) is 18.8 Å². The van der Waals surface area contributed by atoms with Crippen LogP contribution >= 0.6 is 8.26 Å². The van der Waals surface area contributed by atoms with Gasteiger partial charge in [-0.05, 0) is 47.7 Å². The molecule has 2 bridgehead atoms. The molecular weight excluding hydrogens is 363 g/mol. The van der Waals surface area contributed by atoms with Crippen molar-refractivity contribution < 1.29 is 24.0 Å². The maximum Gasteiger partial charge on any atom is 0.194 e. The molecule has 2 saturated carbocycles. The summed E-state index contributed by atoms with van der Waals surface area (Å²) >= 11 is 0. The molecule has 1 N–H and O–H groups in total. The topological polar surface area (TPSA) is 72.8 Å². The Bertz CT molecular complexity index is 905. The lowest BCUT2D eigenvalue weighted by Crippen LogP contribution is -2.63. The highest BCUT2D eigenvalue weighted by atomic mass is 31.1. The highest BCUT2D eigenvalue weighted by molar-refractivity contribution is 7.20. The van der Waals surface area contributed by atoms with Gasteiger partial charge in [-0.1, -0.05) is 32.9 Å². The first-order valence-electron chi connectivity index (χ1n) is 9.66. The molecule has 1 heterocycles. The summed E-state index contributed by atoms with van der Waals surface area (Å²) in [5.74, 6) is 2.48. The summed E-state index contributed by atoms with van der Waals surface area (Å²) < 4.78 is 11.4. The fourth-order valence-corrected chi connectivity index (χ4v) is 7.22. The summed E-state index contributed by atoms with van der Waals surface area (Å²) in [6, 6.07) is 0. The molecule has 6 heteroatoms. The molecule has 1 spiro atoms. The van der Waals surface area contributed by atoms with E-state index in [4.69, 9.17) is 9.26 Å². The van der Waals surface area contributed by atoms with Crippen LogP contribution in [-0.4, -0.2) is 35.0 Å². The van der Waals surface area contributed by atoms with Gasteiger partial charge in [0.05, 0.1) is 12.0 Å². The van der Waals surface area contributed by atoms with Gasteiger partial charge >= 0.3 is 0 Å². The van der Waals surface area contributed by atoms with Gasteiger partial charge in [-0.15, -0.1) is 0 Å². The minimum Gasteiger partial charge on any atom is -0.377 e. The van der Waals surface area contributed by atoms with Crippen LogP contribution in [0.25, 0.3) is 0 Å². The Morgan fingerprint density at radius 2 is 2.07 bits per heavy atom. The van der Waals surface area contributed by atoms with Crippen LogP contribution in [0.2, 0.25) is 0 Å². The van der Waals surface area contributed by atoms with Crippen molar-refractivity contribution in [3.05, 3.63) is 23.3 Å². The van der Waals surface area contributed by atoms with E-state index >= 15 is 0 Å². The number of fused-ring (bicyclic) bond motifs is 5. The van der Waals surface area contributed by atoms with E-state index in [1.807, 2.05) is 13.0 Å². The largest absolute Gasteiger partial charge is 0.377 e. The molecule has 3 unspecified atom stereocenters. The van der Waals surface area contributed by atoms with Crippen molar-refractivity contribution in [1.82, 2.24) is 0 Å². The molecular formula is C21H25O5P. The predicted molar refractivity (Wildman–Crippen MR) is 100 cm³/mol. The summed E-state index contributed by atoms with van der Waals surface area (Å²) in [6.45, 7) is 8.34. The summed E-state index contributed by atoms with van der Waals surface area (Å²) in [7, 11) is -0.213. The van der Waals surface area contributed by atoms with Crippen molar-refractivity contribution in [2.45, 2.75) is 45.8 Å². The molecule has 144 valence electrons. The van der Waals surface area contributed by atoms with Crippen LogP contribution < -0.4 is 0 Å². The van der Waals surface area contributed by atoms with Gasteiger partial charge in [0.2, 0.25) is 0 Å². The van der Waals surface area contributed by atoms with E-state index in [-0.39, 0.29) is 49.6 Å². The molecule has 0 saturated heterocycles. The highest BCUT2D eigenvalue weighted by Gasteiger charge is 2.76. The van der Waals surface area contributed by atoms with E-state index in [0.29, 0.717) is 17.1 Å². The monoisotopic (exact) mass is 388 g/mol. The first-order valence-corrected chi connectivity index (χ1v) is 10.6. The summed E-state index contributed by atoms with van der Waals surface area (Å²) in [5.41, 5.74) is -1.91. The lowest BCUT2D eigenvalue weighted by atomic mass is 9.59. The van der Waals surface area contributed by atoms with Gasteiger partial charge in [0.25, 0.3) is 0 Å². The van der Waals surface area contributed by atoms with Gasteiger partial charge in [0.1, 0.15) is 6.10 Å². The molecule has 5 rings (SSSR count). The molecule has 0 aromatic rings. The minimum absolute atomic E-state index is 0.0266. The third kappa shape index (κ3) is 1.88. The Morgan fingerprint density at radius 1 is 1.33 bits per heavy atom. The molecule has 2 fully saturated rings. The number of carbonyl (C=O) groups excluding carboxylic acids is 2. The number of Topliss-reactive ketones (excluding diaryl/α,β-unsaturated/α-hetero) is 2. The fourth-order valence-electron chi connectivity index (χ4n) is 6.60. The van der Waals surface area contributed by atoms with Crippen LogP contribution in [0.3, 0.4) is 0 Å². The van der Waals surface area contributed by atoms with Crippen LogP contribution in [0.4, 0.5) is 0 Å². The molecule has 1 aliphatic heterocycles. The second-order valence-electron chi connectivity index (χ2n) is 9.50. The van der Waals surface area contributed by atoms with Crippen molar-refractivity contribution in [3.8, 4) is 5.81 Å². The standard InChI is InChI=1S/C21H25O5P/c1-10-7-20-11(2)5-14-15(19(14,3)4)13(17(20)23)6-12-8-25-9-27-26-18(12)21(20,24)16(10)22/h6-7,11,13-15,18,24,27H,5,8H2,1-4H3/t11-,13+,14?,15?,18-,20+,21-/m1/s1. The first-order chi connectivity index (χ1) is 12.7. The predicted octanol–water partition coefficient (Wildman–Crippen LogP) is 2.60. The van der Waals surface area contributed by atoms with E-state index in [9.17, 15) is 14.7 Å². The van der Waals surface area contributed by atoms with Gasteiger partial charge in [0.15, 0.2) is 17.2 Å². The van der Waals surface area contributed by atoms with Gasteiger partial charge in [-0.25, -0.2) is 0 Å². The molecule has 0 radical (unpaired) electrons. The minimum atomic E-state index is -1.91. The van der Waals surface area contributed by atoms with E-state index in [0.717, 1.165) is 6.42 Å². The molecule has 5 aliphatic rings. The second kappa shape index (κ2) is 5.23. The zero-order valence-corrected chi connectivity index (χ0v) is 17.0. The number of allylic oxidation sites excluding steroid dienone is 1. The summed E-state index contributed by atoms with van der Waals surface area (Å²) in [5, 5.41) is 12.0. The molecule has 0 aromatic heterocycles. The smallest absolute Gasteiger partial charge is 0.194 e. The molecule has 4 aliphatic carbocycles. The van der Waals surface area contributed by atoms with Gasteiger partial charge < -0.3 is 9.63 Å². The Hall–Kier alpha value is -1.22. The van der Waals surface area contributed by atoms with Gasteiger partial charge in [-0.2, -0.15) is 0 Å². The van der Waals surface area contributed by atoms with E-state index < -0.39 is 17.1 Å². The SMILES string of the molecule is CC1=C[C@]23C(=O)[C@@H](C=C4COC#[PH]O[C@H]4[C@]2(O)C1=O)C1C(C[C@H]3C)C1(C)C. The zero-order valence-electron chi connectivity index (χ0n) is 16.0. The summed E-state index contributed by atoms with van der Waals surface area (Å²) in [4.78, 5) is 27.3. The van der Waals surface area contributed by atoms with Crippen molar-refractivity contribution >= 4 is 19.8 Å². The molecule has 0 amide bonds. The average molecular weight is 388 g/mol. The third-order valence-electron chi connectivity index (χ3n) is 8.04. The molecule has 0 aromatic carbocycles. The zero-order chi connectivity index (χ0) is 19.4. The van der Waals surface area contributed by atoms with E-state index in [2.05, 4.69) is 19.7 Å². The lowest BCUT2D eigenvalue weighted by molar-refractivity contribution is -0.170. The highest BCUT2D eigenvalue weighted by Crippen LogP contribution is 2.71. The lowest BCUT2D eigenvalue weighted by Gasteiger charge is -2.46. The second-order valence-corrected chi connectivity index (χ2v) is 10.1. The number of aliphatic hydroxyl groups is 1. The Labute approximate surface area is 160 Å². The normalized spacial score (nSPS) is 50.0. The number of ether oxygens (including phenoxy) is 1. The number of hydrogen-bond donors (Lipinski definition) is 1. The van der Waals surface area contributed by atoms with Crippen molar-refractivity contribution in [1.29, 1.82) is 0 Å². The van der Waals surface area contributed by atoms with Gasteiger partial charge in [0, 0.05) is 20.0 Å². The molecule has 5 nitrogen and oxygen atoms in total. The fraction of sp³-hybridized carbons (Fsp3) is 0.667. The van der Waals surface area contributed by atoms with E-state index in [1.54, 1.807) is 13.0 Å². The van der Waals surface area contributed by atoms with Crippen LogP contribution in [0.15, 0.2) is 23.3 Å². The Morgan fingerprint density at radius 3 is 2.81 bits per heavy atom. The third-order valence-corrected chi connectivity index (χ3v) is 8.62. The Balaban J connectivity index is 1.80. The molecule has 27 heavy (non-hydrogen) atoms. The van der Waals surface area contributed by atoms with Crippen molar-refractivity contribution in [3.63, 3.8) is 0 Å². The maximum absolute atomic E-state index is 14.0. The van der Waals surface area contributed by atoms with Crippen LogP contribution in [0.5, 0.6) is 0 Å². The van der Waals surface area contributed by atoms with Crippen molar-refractivity contribution in [2.75, 3.05) is 6.61 Å². The van der Waals surface area contributed by atoms with Crippen LogP contribution in [0, 0.1) is 40.3 Å². The number of carbonyl (C=O) groups is 2. The summed E-state index contributed by atoms with van der Waals surface area (Å²) in [6.07, 6.45) is 3.66. The van der Waals surface area contributed by atoms with E-state index in [1.165, 1.54) is 0 Å². The van der Waals surface area contributed by atoms with Crippen molar-refractivity contribution in [2.24, 2.45) is 34.5 Å². The first kappa shape index (κ1) is 17.8. The average Bonchev–Trinajstić information content (AvgIpc) is 3.21. The number of ketones is 2. The molecule has 8 atom stereocenters.